The largest absolute Gasteiger partial charge is 0.364 e. The molecule has 0 bridgehead atoms. The molecule has 1 aromatic carbocycles. The number of halogens is 1. The molecule has 0 unspecified atom stereocenters. The van der Waals surface area contributed by atoms with Crippen molar-refractivity contribution in [3.05, 3.63) is 47.3 Å². The first kappa shape index (κ1) is 12.1. The first-order valence-electron chi connectivity index (χ1n) is 6.19. The van der Waals surface area contributed by atoms with E-state index in [0.717, 1.165) is 11.3 Å². The molecular weight excluding hydrogens is 292 g/mol. The van der Waals surface area contributed by atoms with Crippen molar-refractivity contribution in [2.24, 2.45) is 5.73 Å². The zero-order valence-electron chi connectivity index (χ0n) is 10.7. The smallest absolute Gasteiger partial charge is 0.269 e. The molecule has 8 heteroatoms. The molecule has 1 aliphatic heterocycles. The van der Waals surface area contributed by atoms with Crippen LogP contribution >= 0.6 is 11.6 Å². The lowest BCUT2D eigenvalue weighted by molar-refractivity contribution is 0.0995. The maximum atomic E-state index is 11.5. The number of primary amides is 1. The van der Waals surface area contributed by atoms with Crippen molar-refractivity contribution in [2.45, 2.75) is 6.54 Å². The number of benzene rings is 1. The summed E-state index contributed by atoms with van der Waals surface area (Å²) in [5, 5.41) is 4.79. The fourth-order valence-electron chi connectivity index (χ4n) is 2.57. The molecule has 2 N–H and O–H groups in total. The molecule has 0 atom stereocenters. The highest BCUT2D eigenvalue weighted by Crippen LogP contribution is 2.32. The molecule has 0 fully saturated rings. The van der Waals surface area contributed by atoms with Gasteiger partial charge in [0.1, 0.15) is 12.7 Å². The summed E-state index contributed by atoms with van der Waals surface area (Å²) in [6.45, 7) is 0.361. The standard InChI is InChI=1S/C13H9ClN6O/c14-7-1-2-9-8(3-7)13-16-5-18-20(13)4-10-11(12(15)21)17-6-19(9)10/h1-3,5-6H,4H2,(H2,15,21). The molecule has 0 spiro atoms. The van der Waals surface area contributed by atoms with Crippen LogP contribution in [0.4, 0.5) is 0 Å². The van der Waals surface area contributed by atoms with Gasteiger partial charge in [0.2, 0.25) is 0 Å². The van der Waals surface area contributed by atoms with Crippen molar-refractivity contribution in [3.63, 3.8) is 0 Å². The van der Waals surface area contributed by atoms with Crippen LogP contribution in [0.5, 0.6) is 0 Å². The van der Waals surface area contributed by atoms with Gasteiger partial charge in [-0.15, -0.1) is 0 Å². The molecule has 1 aliphatic rings. The summed E-state index contributed by atoms with van der Waals surface area (Å²) in [7, 11) is 0. The molecule has 0 saturated heterocycles. The van der Waals surface area contributed by atoms with E-state index in [2.05, 4.69) is 15.1 Å². The van der Waals surface area contributed by atoms with Gasteiger partial charge in [0.05, 0.1) is 17.9 Å². The summed E-state index contributed by atoms with van der Waals surface area (Å²) < 4.78 is 3.52. The Morgan fingerprint density at radius 1 is 1.33 bits per heavy atom. The molecule has 7 nitrogen and oxygen atoms in total. The number of imidazole rings is 1. The van der Waals surface area contributed by atoms with Gasteiger partial charge < -0.3 is 5.73 Å². The molecule has 104 valence electrons. The van der Waals surface area contributed by atoms with Crippen LogP contribution in [0.25, 0.3) is 17.1 Å². The lowest BCUT2D eigenvalue weighted by atomic mass is 10.1. The summed E-state index contributed by atoms with van der Waals surface area (Å²) in [6.07, 6.45) is 3.05. The Morgan fingerprint density at radius 2 is 2.19 bits per heavy atom. The molecule has 21 heavy (non-hydrogen) atoms. The molecule has 0 radical (unpaired) electrons. The van der Waals surface area contributed by atoms with Crippen LogP contribution in [0.2, 0.25) is 5.02 Å². The molecule has 4 rings (SSSR count). The summed E-state index contributed by atoms with van der Waals surface area (Å²) >= 11 is 6.09. The lowest BCUT2D eigenvalue weighted by Crippen LogP contribution is -2.16. The van der Waals surface area contributed by atoms with Crippen molar-refractivity contribution in [3.8, 4) is 17.1 Å². The molecule has 0 saturated carbocycles. The van der Waals surface area contributed by atoms with Gasteiger partial charge in [-0.1, -0.05) is 11.6 Å². The predicted octanol–water partition coefficient (Wildman–Crippen LogP) is 1.24. The fourth-order valence-corrected chi connectivity index (χ4v) is 2.74. The highest BCUT2D eigenvalue weighted by Gasteiger charge is 2.25. The Hall–Kier alpha value is -2.67. The summed E-state index contributed by atoms with van der Waals surface area (Å²) in [5.74, 6) is 0.120. The number of fused-ring (bicyclic) bond motifs is 5. The minimum Gasteiger partial charge on any atom is -0.364 e. The first-order chi connectivity index (χ1) is 10.1. The Kier molecular flexibility index (Phi) is 2.40. The lowest BCUT2D eigenvalue weighted by Gasteiger charge is -2.08. The van der Waals surface area contributed by atoms with E-state index in [1.54, 1.807) is 17.1 Å². The molecule has 3 heterocycles. The number of carbonyl (C=O) groups excluding carboxylic acids is 1. The van der Waals surface area contributed by atoms with E-state index in [1.165, 1.54) is 6.33 Å². The van der Waals surface area contributed by atoms with Crippen LogP contribution < -0.4 is 5.73 Å². The van der Waals surface area contributed by atoms with E-state index in [9.17, 15) is 4.79 Å². The van der Waals surface area contributed by atoms with Gasteiger partial charge >= 0.3 is 0 Å². The normalized spacial score (nSPS) is 12.2. The number of hydrogen-bond donors (Lipinski definition) is 1. The maximum absolute atomic E-state index is 11.5. The zero-order valence-corrected chi connectivity index (χ0v) is 11.4. The molecule has 3 aromatic rings. The van der Waals surface area contributed by atoms with E-state index in [0.29, 0.717) is 23.1 Å². The molecule has 1 amide bonds. The topological polar surface area (TPSA) is 91.6 Å². The van der Waals surface area contributed by atoms with E-state index in [-0.39, 0.29) is 5.69 Å². The van der Waals surface area contributed by atoms with Crippen LogP contribution in [-0.4, -0.2) is 30.2 Å². The second-order valence-electron chi connectivity index (χ2n) is 4.68. The van der Waals surface area contributed by atoms with Crippen LogP contribution in [0.3, 0.4) is 0 Å². The number of hydrogen-bond acceptors (Lipinski definition) is 4. The quantitative estimate of drug-likeness (QED) is 0.572. The molecule has 0 aliphatic carbocycles. The van der Waals surface area contributed by atoms with Crippen molar-refractivity contribution >= 4 is 17.5 Å². The van der Waals surface area contributed by atoms with Crippen molar-refractivity contribution in [1.29, 1.82) is 0 Å². The zero-order chi connectivity index (χ0) is 14.6. The highest BCUT2D eigenvalue weighted by atomic mass is 35.5. The number of aromatic nitrogens is 5. The van der Waals surface area contributed by atoms with Crippen LogP contribution in [0, 0.1) is 0 Å². The van der Waals surface area contributed by atoms with Gasteiger partial charge in [0.15, 0.2) is 11.5 Å². The summed E-state index contributed by atoms with van der Waals surface area (Å²) in [6, 6.07) is 5.45. The number of nitrogens with two attached hydrogens (primary N) is 1. The van der Waals surface area contributed by atoms with Gasteiger partial charge in [-0.2, -0.15) is 5.10 Å². The predicted molar refractivity (Wildman–Crippen MR) is 75.2 cm³/mol. The Bertz CT molecular complexity index is 881. The van der Waals surface area contributed by atoms with Crippen molar-refractivity contribution < 1.29 is 4.79 Å². The number of carbonyl (C=O) groups is 1. The molecular formula is C13H9ClN6O. The minimum absolute atomic E-state index is 0.235. The minimum atomic E-state index is -0.567. The monoisotopic (exact) mass is 300 g/mol. The third-order valence-electron chi connectivity index (χ3n) is 3.47. The van der Waals surface area contributed by atoms with E-state index >= 15 is 0 Å². The summed E-state index contributed by atoms with van der Waals surface area (Å²) in [4.78, 5) is 19.9. The Morgan fingerprint density at radius 3 is 3.00 bits per heavy atom. The average molecular weight is 301 g/mol. The Labute approximate surface area is 124 Å². The highest BCUT2D eigenvalue weighted by molar-refractivity contribution is 6.31. The van der Waals surface area contributed by atoms with Gasteiger partial charge in [-0.05, 0) is 18.2 Å². The second-order valence-corrected chi connectivity index (χ2v) is 5.11. The number of rotatable bonds is 1. The van der Waals surface area contributed by atoms with Gasteiger partial charge in [-0.3, -0.25) is 9.36 Å². The second kappa shape index (κ2) is 4.16. The van der Waals surface area contributed by atoms with Gasteiger partial charge in [0.25, 0.3) is 5.91 Å². The van der Waals surface area contributed by atoms with Crippen LogP contribution in [-0.2, 0) is 6.54 Å². The third kappa shape index (κ3) is 1.67. The third-order valence-corrected chi connectivity index (χ3v) is 3.71. The van der Waals surface area contributed by atoms with Gasteiger partial charge in [-0.25, -0.2) is 14.6 Å². The fraction of sp³-hybridized carbons (Fsp3) is 0.0769. The van der Waals surface area contributed by atoms with E-state index in [1.807, 2.05) is 16.7 Å². The maximum Gasteiger partial charge on any atom is 0.269 e. The van der Waals surface area contributed by atoms with Crippen LogP contribution in [0.1, 0.15) is 16.2 Å². The van der Waals surface area contributed by atoms with Crippen molar-refractivity contribution in [1.82, 2.24) is 24.3 Å². The summed E-state index contributed by atoms with van der Waals surface area (Å²) in [5.41, 5.74) is 7.96. The molecule has 2 aromatic heterocycles. The van der Waals surface area contributed by atoms with Crippen molar-refractivity contribution in [2.75, 3.05) is 0 Å². The number of nitrogens with zero attached hydrogens (tertiary/aromatic N) is 5. The number of amides is 1. The van der Waals surface area contributed by atoms with E-state index < -0.39 is 5.91 Å². The average Bonchev–Trinajstić information content (AvgIpc) is 3.04. The Balaban J connectivity index is 2.09. The first-order valence-corrected chi connectivity index (χ1v) is 6.57. The van der Waals surface area contributed by atoms with E-state index in [4.69, 9.17) is 17.3 Å². The van der Waals surface area contributed by atoms with Crippen LogP contribution in [0.15, 0.2) is 30.9 Å². The SMILES string of the molecule is NC(=O)c1ncn2c1Cn1ncnc1-c1cc(Cl)ccc1-2. The van der Waals surface area contributed by atoms with Gasteiger partial charge in [0, 0.05) is 10.6 Å².